The second-order valence-electron chi connectivity index (χ2n) is 3.78. The first-order chi connectivity index (χ1) is 8.27. The van der Waals surface area contributed by atoms with E-state index >= 15 is 0 Å². The molecular weight excluding hydrogens is 372 g/mol. The van der Waals surface area contributed by atoms with E-state index in [4.69, 9.17) is 14.6 Å². The predicted molar refractivity (Wildman–Crippen MR) is 72.1 cm³/mol. The Morgan fingerprint density at radius 2 is 1.83 bits per heavy atom. The first kappa shape index (κ1) is 15.3. The van der Waals surface area contributed by atoms with Crippen LogP contribution >= 0.6 is 31.9 Å². The van der Waals surface area contributed by atoms with Crippen LogP contribution in [0.25, 0.3) is 0 Å². The molecule has 18 heavy (non-hydrogen) atoms. The quantitative estimate of drug-likeness (QED) is 0.816. The second kappa shape index (κ2) is 5.90. The molecule has 0 heterocycles. The van der Waals surface area contributed by atoms with Crippen molar-refractivity contribution < 1.29 is 24.5 Å². The van der Waals surface area contributed by atoms with Crippen molar-refractivity contribution in [1.29, 1.82) is 0 Å². The van der Waals surface area contributed by atoms with Crippen LogP contribution in [0.1, 0.15) is 6.92 Å². The summed E-state index contributed by atoms with van der Waals surface area (Å²) in [4.78, 5) is 10.7. The molecule has 0 radical (unpaired) electrons. The molecule has 1 unspecified atom stereocenters. The molecule has 0 saturated carbocycles. The monoisotopic (exact) mass is 382 g/mol. The minimum Gasteiger partial charge on any atom is -0.496 e. The number of aliphatic carboxylic acids is 1. The maximum atomic E-state index is 10.7. The summed E-state index contributed by atoms with van der Waals surface area (Å²) < 4.78 is 11.6. The molecule has 0 aliphatic carbocycles. The maximum absolute atomic E-state index is 10.7. The van der Waals surface area contributed by atoms with Gasteiger partial charge in [-0.2, -0.15) is 0 Å². The zero-order valence-electron chi connectivity index (χ0n) is 9.74. The third-order valence-corrected chi connectivity index (χ3v) is 3.42. The third kappa shape index (κ3) is 3.60. The van der Waals surface area contributed by atoms with Crippen LogP contribution in [0.4, 0.5) is 0 Å². The summed E-state index contributed by atoms with van der Waals surface area (Å²) in [5.41, 5.74) is -1.94. The predicted octanol–water partition coefficient (Wildman–Crippen LogP) is 2.43. The molecule has 0 aliphatic rings. The molecule has 0 bridgehead atoms. The summed E-state index contributed by atoms with van der Waals surface area (Å²) in [6.45, 7) is 0.807. The summed E-state index contributed by atoms with van der Waals surface area (Å²) in [6, 6.07) is 3.30. The molecule has 0 spiro atoms. The highest BCUT2D eigenvalue weighted by atomic mass is 79.9. The topological polar surface area (TPSA) is 76.0 Å². The van der Waals surface area contributed by atoms with E-state index in [1.54, 1.807) is 12.1 Å². The molecule has 0 fully saturated rings. The smallest absolute Gasteiger partial charge is 0.339 e. The average Bonchev–Trinajstić information content (AvgIpc) is 2.29. The van der Waals surface area contributed by atoms with Gasteiger partial charge in [0, 0.05) is 0 Å². The third-order valence-electron chi connectivity index (χ3n) is 2.18. The van der Waals surface area contributed by atoms with Crippen LogP contribution < -0.4 is 9.47 Å². The second-order valence-corrected chi connectivity index (χ2v) is 5.49. The minimum atomic E-state index is -1.94. The Morgan fingerprint density at radius 1 is 1.33 bits per heavy atom. The SMILES string of the molecule is COc1cc(Br)c(OCC(C)(O)C(=O)O)cc1Br. The van der Waals surface area contributed by atoms with Gasteiger partial charge in [0.1, 0.15) is 18.1 Å². The lowest BCUT2D eigenvalue weighted by atomic mass is 10.1. The standard InChI is InChI=1S/C11H12Br2O5/c1-11(16,10(14)15)5-18-9-4-6(12)8(17-2)3-7(9)13/h3-4,16H,5H2,1-2H3,(H,14,15). The Kier molecular flexibility index (Phi) is 5.01. The highest BCUT2D eigenvalue weighted by molar-refractivity contribution is 9.11. The van der Waals surface area contributed by atoms with Crippen LogP contribution in [-0.4, -0.2) is 35.5 Å². The Labute approximate surface area is 121 Å². The molecule has 1 rings (SSSR count). The lowest BCUT2D eigenvalue weighted by Crippen LogP contribution is -2.41. The number of hydrogen-bond acceptors (Lipinski definition) is 4. The average molecular weight is 384 g/mol. The van der Waals surface area contributed by atoms with Crippen LogP contribution in [0.2, 0.25) is 0 Å². The lowest BCUT2D eigenvalue weighted by molar-refractivity contribution is -0.159. The minimum absolute atomic E-state index is 0.361. The summed E-state index contributed by atoms with van der Waals surface area (Å²) in [7, 11) is 1.53. The van der Waals surface area contributed by atoms with E-state index in [1.165, 1.54) is 14.0 Å². The fraction of sp³-hybridized carbons (Fsp3) is 0.364. The van der Waals surface area contributed by atoms with Crippen LogP contribution in [0.3, 0.4) is 0 Å². The number of hydrogen-bond donors (Lipinski definition) is 2. The Bertz CT molecular complexity index is 459. The van der Waals surface area contributed by atoms with Crippen molar-refractivity contribution in [3.63, 3.8) is 0 Å². The van der Waals surface area contributed by atoms with E-state index in [0.29, 0.717) is 20.4 Å². The van der Waals surface area contributed by atoms with Gasteiger partial charge in [-0.1, -0.05) is 0 Å². The van der Waals surface area contributed by atoms with Crippen molar-refractivity contribution in [3.8, 4) is 11.5 Å². The van der Waals surface area contributed by atoms with E-state index < -0.39 is 11.6 Å². The molecule has 1 aromatic carbocycles. The number of carbonyl (C=O) groups is 1. The summed E-state index contributed by atoms with van der Waals surface area (Å²) in [5, 5.41) is 18.3. The van der Waals surface area contributed by atoms with Gasteiger partial charge in [-0.25, -0.2) is 4.79 Å². The molecule has 1 atom stereocenters. The molecule has 0 saturated heterocycles. The molecule has 2 N–H and O–H groups in total. The van der Waals surface area contributed by atoms with E-state index in [2.05, 4.69) is 31.9 Å². The first-order valence-electron chi connectivity index (χ1n) is 4.89. The number of carboxylic acid groups (broad SMARTS) is 1. The number of benzene rings is 1. The van der Waals surface area contributed by atoms with Gasteiger partial charge < -0.3 is 19.7 Å². The number of ether oxygens (including phenoxy) is 2. The number of halogens is 2. The first-order valence-corrected chi connectivity index (χ1v) is 6.48. The molecular formula is C11H12Br2O5. The molecule has 0 aromatic heterocycles. The van der Waals surface area contributed by atoms with Crippen molar-refractivity contribution in [2.45, 2.75) is 12.5 Å². The number of methoxy groups -OCH3 is 1. The van der Waals surface area contributed by atoms with E-state index in [-0.39, 0.29) is 6.61 Å². The molecule has 100 valence electrons. The molecule has 0 amide bonds. The number of aliphatic hydroxyl groups is 1. The highest BCUT2D eigenvalue weighted by Crippen LogP contribution is 2.36. The largest absolute Gasteiger partial charge is 0.496 e. The van der Waals surface area contributed by atoms with Gasteiger partial charge in [0.2, 0.25) is 0 Å². The summed E-state index contributed by atoms with van der Waals surface area (Å²) >= 11 is 6.56. The van der Waals surface area contributed by atoms with Gasteiger partial charge in [0.15, 0.2) is 5.60 Å². The lowest BCUT2D eigenvalue weighted by Gasteiger charge is -2.19. The number of rotatable bonds is 5. The van der Waals surface area contributed by atoms with Gasteiger partial charge in [0.05, 0.1) is 16.1 Å². The molecule has 5 nitrogen and oxygen atoms in total. The van der Waals surface area contributed by atoms with Gasteiger partial charge in [0.25, 0.3) is 0 Å². The fourth-order valence-electron chi connectivity index (χ4n) is 1.06. The van der Waals surface area contributed by atoms with Crippen LogP contribution in [0, 0.1) is 0 Å². The van der Waals surface area contributed by atoms with Crippen LogP contribution in [-0.2, 0) is 4.79 Å². The van der Waals surface area contributed by atoms with Crippen molar-refractivity contribution in [2.75, 3.05) is 13.7 Å². The van der Waals surface area contributed by atoms with Crippen molar-refractivity contribution in [2.24, 2.45) is 0 Å². The van der Waals surface area contributed by atoms with Gasteiger partial charge in [-0.15, -0.1) is 0 Å². The normalized spacial score (nSPS) is 13.8. The van der Waals surface area contributed by atoms with E-state index in [1.807, 2.05) is 0 Å². The number of carboxylic acids is 1. The van der Waals surface area contributed by atoms with Crippen LogP contribution in [0.15, 0.2) is 21.1 Å². The zero-order valence-corrected chi connectivity index (χ0v) is 12.9. The molecule has 7 heteroatoms. The van der Waals surface area contributed by atoms with E-state index in [0.717, 1.165) is 0 Å². The van der Waals surface area contributed by atoms with Gasteiger partial charge in [-0.05, 0) is 50.9 Å². The van der Waals surface area contributed by atoms with Crippen molar-refractivity contribution in [3.05, 3.63) is 21.1 Å². The zero-order chi connectivity index (χ0) is 13.9. The Balaban J connectivity index is 2.86. The van der Waals surface area contributed by atoms with Crippen molar-refractivity contribution >= 4 is 37.8 Å². The molecule has 1 aromatic rings. The fourth-order valence-corrected chi connectivity index (χ4v) is 1.98. The van der Waals surface area contributed by atoms with Gasteiger partial charge >= 0.3 is 5.97 Å². The Hall–Kier alpha value is -0.790. The highest BCUT2D eigenvalue weighted by Gasteiger charge is 2.31. The molecule has 0 aliphatic heterocycles. The summed E-state index contributed by atoms with van der Waals surface area (Å²) in [6.07, 6.45) is 0. The maximum Gasteiger partial charge on any atom is 0.339 e. The van der Waals surface area contributed by atoms with Crippen molar-refractivity contribution in [1.82, 2.24) is 0 Å². The summed E-state index contributed by atoms with van der Waals surface area (Å²) in [5.74, 6) is -0.324. The van der Waals surface area contributed by atoms with Crippen LogP contribution in [0.5, 0.6) is 11.5 Å². The van der Waals surface area contributed by atoms with Gasteiger partial charge in [-0.3, -0.25) is 0 Å². The van der Waals surface area contributed by atoms with E-state index in [9.17, 15) is 9.90 Å². The Morgan fingerprint density at radius 3 is 2.33 bits per heavy atom.